The summed E-state index contributed by atoms with van der Waals surface area (Å²) in [5.41, 5.74) is 1.20. The first-order valence-electron chi connectivity index (χ1n) is 6.75. The van der Waals surface area contributed by atoms with Crippen LogP contribution in [0.1, 0.15) is 27.0 Å². The van der Waals surface area contributed by atoms with Crippen LogP contribution in [0, 0.1) is 0 Å². The van der Waals surface area contributed by atoms with E-state index in [4.69, 9.17) is 23.2 Å². The number of carbonyl (C=O) groups is 2. The van der Waals surface area contributed by atoms with Gasteiger partial charge >= 0.3 is 0 Å². The van der Waals surface area contributed by atoms with Crippen LogP contribution in [0.15, 0.2) is 42.5 Å². The molecule has 3 nitrogen and oxygen atoms in total. The van der Waals surface area contributed by atoms with E-state index in [9.17, 15) is 9.59 Å². The molecule has 0 spiro atoms. The summed E-state index contributed by atoms with van der Waals surface area (Å²) in [6.45, 7) is 1.50. The molecule has 0 bridgehead atoms. The molecule has 0 unspecified atom stereocenters. The Morgan fingerprint density at radius 3 is 2.39 bits per heavy atom. The zero-order valence-corrected chi connectivity index (χ0v) is 14.4. The van der Waals surface area contributed by atoms with Crippen LogP contribution < -0.4 is 5.32 Å². The first-order valence-corrected chi connectivity index (χ1v) is 8.33. The lowest BCUT2D eigenvalue weighted by molar-refractivity contribution is 0.101. The zero-order valence-electron chi connectivity index (χ0n) is 12.0. The molecular formula is C17H11Cl2NO2S. The van der Waals surface area contributed by atoms with Gasteiger partial charge in [0.05, 0.1) is 5.02 Å². The fourth-order valence-corrected chi connectivity index (χ4v) is 3.85. The highest BCUT2D eigenvalue weighted by molar-refractivity contribution is 7.21. The summed E-state index contributed by atoms with van der Waals surface area (Å²) in [5, 5.41) is 4.60. The van der Waals surface area contributed by atoms with E-state index in [-0.39, 0.29) is 11.7 Å². The number of nitrogens with one attached hydrogen (secondary N) is 1. The van der Waals surface area contributed by atoms with Crippen LogP contribution >= 0.6 is 34.5 Å². The number of thiophene rings is 1. The van der Waals surface area contributed by atoms with E-state index in [1.807, 2.05) is 0 Å². The minimum atomic E-state index is -0.289. The summed E-state index contributed by atoms with van der Waals surface area (Å²) in [4.78, 5) is 24.1. The summed E-state index contributed by atoms with van der Waals surface area (Å²) in [6.07, 6.45) is 0. The van der Waals surface area contributed by atoms with Crippen LogP contribution in [0.25, 0.3) is 10.1 Å². The van der Waals surface area contributed by atoms with E-state index in [2.05, 4.69) is 5.32 Å². The molecule has 0 aliphatic rings. The van der Waals surface area contributed by atoms with E-state index in [0.717, 1.165) is 10.1 Å². The molecule has 1 heterocycles. The number of hydrogen-bond donors (Lipinski definition) is 1. The van der Waals surface area contributed by atoms with Gasteiger partial charge in [-0.1, -0.05) is 29.3 Å². The van der Waals surface area contributed by atoms with Gasteiger partial charge in [-0.15, -0.1) is 11.3 Å². The number of Topliss-reactive ketones (excluding diaryl/α,β-unsaturated/α-hetero) is 1. The van der Waals surface area contributed by atoms with E-state index >= 15 is 0 Å². The molecule has 1 amide bonds. The molecule has 0 saturated heterocycles. The number of hydrogen-bond acceptors (Lipinski definition) is 3. The molecule has 23 heavy (non-hydrogen) atoms. The highest BCUT2D eigenvalue weighted by Crippen LogP contribution is 2.37. The molecule has 2 aromatic carbocycles. The van der Waals surface area contributed by atoms with Crippen LogP contribution in [0.2, 0.25) is 10.0 Å². The van der Waals surface area contributed by atoms with Gasteiger partial charge in [-0.05, 0) is 43.3 Å². The molecule has 6 heteroatoms. The number of fused-ring (bicyclic) bond motifs is 1. The summed E-state index contributed by atoms with van der Waals surface area (Å²) in [5.74, 6) is -0.310. The maximum absolute atomic E-state index is 12.4. The molecular weight excluding hydrogens is 353 g/mol. The second-order valence-corrected chi connectivity index (χ2v) is 6.84. The van der Waals surface area contributed by atoms with E-state index in [1.54, 1.807) is 42.5 Å². The Hall–Kier alpha value is -1.88. The largest absolute Gasteiger partial charge is 0.321 e. The number of rotatable bonds is 3. The summed E-state index contributed by atoms with van der Waals surface area (Å²) >= 11 is 13.6. The van der Waals surface area contributed by atoms with Crippen molar-refractivity contribution in [2.45, 2.75) is 6.92 Å². The topological polar surface area (TPSA) is 46.2 Å². The SMILES string of the molecule is CC(=O)c1ccc(NC(=O)c2sc3cc(Cl)ccc3c2Cl)cc1. The average Bonchev–Trinajstić information content (AvgIpc) is 2.84. The van der Waals surface area contributed by atoms with Crippen molar-refractivity contribution in [1.29, 1.82) is 0 Å². The molecule has 3 rings (SSSR count). The Kier molecular flexibility index (Phi) is 4.39. The van der Waals surface area contributed by atoms with Gasteiger partial charge in [-0.3, -0.25) is 9.59 Å². The predicted molar refractivity (Wildman–Crippen MR) is 96.2 cm³/mol. The van der Waals surface area contributed by atoms with Crippen molar-refractivity contribution in [3.05, 3.63) is 63.0 Å². The van der Waals surface area contributed by atoms with Gasteiger partial charge < -0.3 is 5.32 Å². The molecule has 0 aliphatic heterocycles. The number of benzene rings is 2. The van der Waals surface area contributed by atoms with E-state index in [0.29, 0.717) is 26.2 Å². The van der Waals surface area contributed by atoms with Gasteiger partial charge in [0.1, 0.15) is 4.88 Å². The van der Waals surface area contributed by atoms with Crippen molar-refractivity contribution < 1.29 is 9.59 Å². The Bertz CT molecular complexity index is 916. The zero-order chi connectivity index (χ0) is 16.6. The third-order valence-corrected chi connectivity index (χ3v) is 5.24. The highest BCUT2D eigenvalue weighted by Gasteiger charge is 2.17. The van der Waals surface area contributed by atoms with Gasteiger partial charge in [0.25, 0.3) is 5.91 Å². The van der Waals surface area contributed by atoms with Crippen molar-refractivity contribution in [3.8, 4) is 0 Å². The van der Waals surface area contributed by atoms with Gasteiger partial charge in [-0.2, -0.15) is 0 Å². The van der Waals surface area contributed by atoms with E-state index < -0.39 is 0 Å². The monoisotopic (exact) mass is 363 g/mol. The smallest absolute Gasteiger partial charge is 0.267 e. The molecule has 116 valence electrons. The lowest BCUT2D eigenvalue weighted by atomic mass is 10.1. The van der Waals surface area contributed by atoms with Gasteiger partial charge in [0, 0.05) is 26.4 Å². The molecule has 0 atom stereocenters. The molecule has 0 aliphatic carbocycles. The van der Waals surface area contributed by atoms with Crippen LogP contribution in [0.5, 0.6) is 0 Å². The van der Waals surface area contributed by atoms with Gasteiger partial charge in [0.2, 0.25) is 0 Å². The summed E-state index contributed by atoms with van der Waals surface area (Å²) in [6, 6.07) is 12.0. The second-order valence-electron chi connectivity index (χ2n) is 4.97. The first-order chi connectivity index (χ1) is 11.0. The van der Waals surface area contributed by atoms with Gasteiger partial charge in [-0.25, -0.2) is 0 Å². The van der Waals surface area contributed by atoms with Crippen molar-refractivity contribution in [1.82, 2.24) is 0 Å². The molecule has 0 fully saturated rings. The number of amides is 1. The number of halogens is 2. The minimum absolute atomic E-state index is 0.0210. The Labute approximate surface area is 146 Å². The minimum Gasteiger partial charge on any atom is -0.321 e. The lowest BCUT2D eigenvalue weighted by Crippen LogP contribution is -2.10. The quantitative estimate of drug-likeness (QED) is 0.609. The standard InChI is InChI=1S/C17H11Cl2NO2S/c1-9(21)10-2-5-12(6-3-10)20-17(22)16-15(19)13-7-4-11(18)8-14(13)23-16/h2-8H,1H3,(H,20,22). The fourth-order valence-electron chi connectivity index (χ4n) is 2.16. The molecule has 1 aromatic heterocycles. The summed E-state index contributed by atoms with van der Waals surface area (Å²) in [7, 11) is 0. The second kappa shape index (κ2) is 6.32. The lowest BCUT2D eigenvalue weighted by Gasteiger charge is -2.04. The summed E-state index contributed by atoms with van der Waals surface area (Å²) < 4.78 is 0.861. The van der Waals surface area contributed by atoms with Crippen molar-refractivity contribution in [3.63, 3.8) is 0 Å². The third kappa shape index (κ3) is 3.24. The molecule has 0 radical (unpaired) electrons. The average molecular weight is 364 g/mol. The van der Waals surface area contributed by atoms with Crippen molar-refractivity contribution in [2.24, 2.45) is 0 Å². The number of carbonyl (C=O) groups excluding carboxylic acids is 2. The Morgan fingerprint density at radius 1 is 1.04 bits per heavy atom. The molecule has 1 N–H and O–H groups in total. The maximum Gasteiger partial charge on any atom is 0.267 e. The van der Waals surface area contributed by atoms with Crippen LogP contribution in [0.3, 0.4) is 0 Å². The fraction of sp³-hybridized carbons (Fsp3) is 0.0588. The van der Waals surface area contributed by atoms with Crippen LogP contribution in [0.4, 0.5) is 5.69 Å². The molecule has 0 saturated carbocycles. The first kappa shape index (κ1) is 16.0. The third-order valence-electron chi connectivity index (χ3n) is 3.35. The van der Waals surface area contributed by atoms with Crippen molar-refractivity contribution in [2.75, 3.05) is 5.32 Å². The Balaban J connectivity index is 1.88. The van der Waals surface area contributed by atoms with E-state index in [1.165, 1.54) is 18.3 Å². The Morgan fingerprint density at radius 2 is 1.74 bits per heavy atom. The number of ketones is 1. The van der Waals surface area contributed by atoms with Gasteiger partial charge in [0.15, 0.2) is 5.78 Å². The number of anilines is 1. The normalized spacial score (nSPS) is 10.7. The van der Waals surface area contributed by atoms with Crippen LogP contribution in [-0.2, 0) is 0 Å². The predicted octanol–water partition coefficient (Wildman–Crippen LogP) is 5.66. The van der Waals surface area contributed by atoms with Crippen LogP contribution in [-0.4, -0.2) is 11.7 Å². The van der Waals surface area contributed by atoms with Crippen molar-refractivity contribution >= 4 is 62.0 Å². The molecule has 3 aromatic rings. The highest BCUT2D eigenvalue weighted by atomic mass is 35.5. The maximum atomic E-state index is 12.4.